The Kier molecular flexibility index (Phi) is 5.44. The Balaban J connectivity index is 1.57. The van der Waals surface area contributed by atoms with Crippen LogP contribution < -0.4 is 5.32 Å². The topological polar surface area (TPSA) is 62.7 Å². The van der Waals surface area contributed by atoms with Crippen molar-refractivity contribution in [2.45, 2.75) is 39.7 Å². The van der Waals surface area contributed by atoms with Crippen molar-refractivity contribution >= 4 is 27.8 Å². The first-order chi connectivity index (χ1) is 14.5. The normalized spacial score (nSPS) is 11.5. The smallest absolute Gasteiger partial charge is 0.268 e. The van der Waals surface area contributed by atoms with Crippen molar-refractivity contribution in [3.63, 3.8) is 0 Å². The first kappa shape index (κ1) is 20.0. The second kappa shape index (κ2) is 8.19. The summed E-state index contributed by atoms with van der Waals surface area (Å²) in [5.41, 5.74) is 6.02. The van der Waals surface area contributed by atoms with Crippen molar-refractivity contribution in [1.82, 2.24) is 19.9 Å². The average Bonchev–Trinajstić information content (AvgIpc) is 3.26. The number of aryl methyl sites for hydroxylation is 1. The van der Waals surface area contributed by atoms with E-state index < -0.39 is 0 Å². The number of carbonyl (C=O) groups is 1. The van der Waals surface area contributed by atoms with E-state index in [2.05, 4.69) is 58.5 Å². The van der Waals surface area contributed by atoms with E-state index in [4.69, 9.17) is 0 Å². The van der Waals surface area contributed by atoms with Gasteiger partial charge in [-0.25, -0.2) is 4.98 Å². The van der Waals surface area contributed by atoms with Crippen LogP contribution in [-0.2, 0) is 13.0 Å². The summed E-state index contributed by atoms with van der Waals surface area (Å²) >= 11 is 0. The van der Waals surface area contributed by atoms with E-state index in [1.165, 1.54) is 5.56 Å². The van der Waals surface area contributed by atoms with Gasteiger partial charge in [-0.15, -0.1) is 6.58 Å². The zero-order valence-electron chi connectivity index (χ0n) is 17.8. The molecule has 2 aromatic carbocycles. The number of nitrogens with zero attached hydrogens (tertiary/aromatic N) is 2. The molecule has 0 unspecified atom stereocenters. The Morgan fingerprint density at radius 2 is 2.07 bits per heavy atom. The Morgan fingerprint density at radius 3 is 2.80 bits per heavy atom. The highest BCUT2D eigenvalue weighted by atomic mass is 16.1. The van der Waals surface area contributed by atoms with Gasteiger partial charge in [-0.1, -0.05) is 38.1 Å². The molecule has 0 spiro atoms. The third-order valence-electron chi connectivity index (χ3n) is 5.62. The SMILES string of the molecule is C=CCn1c(C(=O)NCCc2nc3ccccc3[nH]2)c(C)c2cc(C(C)C)ccc21. The van der Waals surface area contributed by atoms with E-state index in [0.717, 1.165) is 33.3 Å². The van der Waals surface area contributed by atoms with Crippen molar-refractivity contribution in [2.75, 3.05) is 6.54 Å². The maximum absolute atomic E-state index is 13.1. The zero-order chi connectivity index (χ0) is 21.3. The van der Waals surface area contributed by atoms with Crippen LogP contribution in [0.15, 0.2) is 55.1 Å². The van der Waals surface area contributed by atoms with Gasteiger partial charge in [0, 0.05) is 30.4 Å². The molecule has 0 saturated carbocycles. The molecule has 1 amide bonds. The van der Waals surface area contributed by atoms with Crippen LogP contribution in [0.25, 0.3) is 21.9 Å². The first-order valence-corrected chi connectivity index (χ1v) is 10.4. The molecule has 0 aliphatic carbocycles. The number of allylic oxidation sites excluding steroid dienone is 1. The van der Waals surface area contributed by atoms with E-state index in [9.17, 15) is 4.79 Å². The highest BCUT2D eigenvalue weighted by Gasteiger charge is 2.20. The van der Waals surface area contributed by atoms with Crippen LogP contribution in [0.5, 0.6) is 0 Å². The van der Waals surface area contributed by atoms with Gasteiger partial charge in [-0.3, -0.25) is 4.79 Å². The van der Waals surface area contributed by atoms with Gasteiger partial charge in [0.1, 0.15) is 11.5 Å². The van der Waals surface area contributed by atoms with E-state index in [1.807, 2.05) is 37.3 Å². The minimum atomic E-state index is -0.0623. The molecule has 2 heterocycles. The lowest BCUT2D eigenvalue weighted by atomic mass is 10.0. The van der Waals surface area contributed by atoms with Crippen molar-refractivity contribution in [1.29, 1.82) is 0 Å². The van der Waals surface area contributed by atoms with Gasteiger partial charge >= 0.3 is 0 Å². The van der Waals surface area contributed by atoms with E-state index in [0.29, 0.717) is 31.1 Å². The zero-order valence-corrected chi connectivity index (χ0v) is 17.8. The van der Waals surface area contributed by atoms with Gasteiger partial charge in [0.25, 0.3) is 5.91 Å². The van der Waals surface area contributed by atoms with Crippen LogP contribution in [0.2, 0.25) is 0 Å². The second-order valence-corrected chi connectivity index (χ2v) is 8.01. The number of H-pyrrole nitrogens is 1. The molecule has 5 nitrogen and oxygen atoms in total. The molecular formula is C25H28N4O. The van der Waals surface area contributed by atoms with Crippen LogP contribution in [0.4, 0.5) is 0 Å². The quantitative estimate of drug-likeness (QED) is 0.424. The van der Waals surface area contributed by atoms with Crippen LogP contribution in [0.1, 0.15) is 47.2 Å². The number of hydrogen-bond donors (Lipinski definition) is 2. The van der Waals surface area contributed by atoms with Gasteiger partial charge in [0.15, 0.2) is 0 Å². The van der Waals surface area contributed by atoms with Crippen molar-refractivity contribution in [3.8, 4) is 0 Å². The van der Waals surface area contributed by atoms with Gasteiger partial charge in [-0.2, -0.15) is 0 Å². The Morgan fingerprint density at radius 1 is 1.27 bits per heavy atom. The third-order valence-corrected chi connectivity index (χ3v) is 5.62. The standard InChI is InChI=1S/C25H28N4O/c1-5-14-29-22-11-10-18(16(2)3)15-19(22)17(4)24(29)25(30)26-13-12-23-27-20-8-6-7-9-21(20)28-23/h5-11,15-16H,1,12-14H2,2-4H3,(H,26,30)(H,27,28). The maximum atomic E-state index is 13.1. The summed E-state index contributed by atoms with van der Waals surface area (Å²) < 4.78 is 2.05. The van der Waals surface area contributed by atoms with Crippen molar-refractivity contribution in [2.24, 2.45) is 0 Å². The number of para-hydroxylation sites is 2. The molecule has 0 aliphatic rings. The fraction of sp³-hybridized carbons (Fsp3) is 0.280. The van der Waals surface area contributed by atoms with Crippen LogP contribution in [0.3, 0.4) is 0 Å². The monoisotopic (exact) mass is 400 g/mol. The summed E-state index contributed by atoms with van der Waals surface area (Å²) in [6.45, 7) is 11.4. The highest BCUT2D eigenvalue weighted by Crippen LogP contribution is 2.29. The molecule has 5 heteroatoms. The second-order valence-electron chi connectivity index (χ2n) is 8.01. The molecule has 4 aromatic rings. The Bertz CT molecular complexity index is 1200. The minimum Gasteiger partial charge on any atom is -0.350 e. The van der Waals surface area contributed by atoms with Gasteiger partial charge in [0.05, 0.1) is 11.0 Å². The predicted molar refractivity (Wildman–Crippen MR) is 123 cm³/mol. The summed E-state index contributed by atoms with van der Waals surface area (Å²) in [5.74, 6) is 1.26. The maximum Gasteiger partial charge on any atom is 0.268 e. The minimum absolute atomic E-state index is 0.0623. The summed E-state index contributed by atoms with van der Waals surface area (Å²) in [6.07, 6.45) is 2.49. The number of fused-ring (bicyclic) bond motifs is 2. The average molecular weight is 401 g/mol. The lowest BCUT2D eigenvalue weighted by Gasteiger charge is -2.10. The molecule has 0 aliphatic heterocycles. The number of hydrogen-bond acceptors (Lipinski definition) is 2. The van der Waals surface area contributed by atoms with E-state index in [-0.39, 0.29) is 5.91 Å². The number of aromatic amines is 1. The van der Waals surface area contributed by atoms with Crippen molar-refractivity contribution < 1.29 is 4.79 Å². The highest BCUT2D eigenvalue weighted by molar-refractivity contribution is 6.01. The predicted octanol–water partition coefficient (Wildman–Crippen LogP) is 5.11. The van der Waals surface area contributed by atoms with Gasteiger partial charge in [-0.05, 0) is 48.2 Å². The molecule has 154 valence electrons. The molecule has 30 heavy (non-hydrogen) atoms. The summed E-state index contributed by atoms with van der Waals surface area (Å²) in [6, 6.07) is 14.4. The lowest BCUT2D eigenvalue weighted by molar-refractivity contribution is 0.0945. The fourth-order valence-corrected chi connectivity index (χ4v) is 4.01. The van der Waals surface area contributed by atoms with Crippen LogP contribution in [0, 0.1) is 6.92 Å². The molecule has 0 fully saturated rings. The van der Waals surface area contributed by atoms with Crippen LogP contribution >= 0.6 is 0 Å². The van der Waals surface area contributed by atoms with Gasteiger partial charge < -0.3 is 14.9 Å². The molecule has 0 saturated heterocycles. The number of amides is 1. The molecule has 0 radical (unpaired) electrons. The first-order valence-electron chi connectivity index (χ1n) is 10.4. The fourth-order valence-electron chi connectivity index (χ4n) is 4.01. The number of carbonyl (C=O) groups excluding carboxylic acids is 1. The molecule has 0 bridgehead atoms. The largest absolute Gasteiger partial charge is 0.350 e. The van der Waals surface area contributed by atoms with Crippen molar-refractivity contribution in [3.05, 3.63) is 77.8 Å². The molecule has 2 aromatic heterocycles. The van der Waals surface area contributed by atoms with Crippen LogP contribution in [-0.4, -0.2) is 27.0 Å². The number of aromatic nitrogens is 3. The summed E-state index contributed by atoms with van der Waals surface area (Å²) in [7, 11) is 0. The Hall–Kier alpha value is -3.34. The molecular weight excluding hydrogens is 372 g/mol. The third kappa shape index (κ3) is 3.63. The van der Waals surface area contributed by atoms with E-state index in [1.54, 1.807) is 0 Å². The lowest BCUT2D eigenvalue weighted by Crippen LogP contribution is -2.28. The van der Waals surface area contributed by atoms with E-state index >= 15 is 0 Å². The Labute approximate surface area is 176 Å². The van der Waals surface area contributed by atoms with Gasteiger partial charge in [0.2, 0.25) is 0 Å². The number of imidazole rings is 1. The number of nitrogens with one attached hydrogen (secondary N) is 2. The number of benzene rings is 2. The molecule has 4 rings (SSSR count). The summed E-state index contributed by atoms with van der Waals surface area (Å²) in [4.78, 5) is 21.0. The molecule has 0 atom stereocenters. The number of rotatable bonds is 7. The summed E-state index contributed by atoms with van der Waals surface area (Å²) in [5, 5.41) is 4.21. The molecule has 2 N–H and O–H groups in total.